The van der Waals surface area contributed by atoms with E-state index >= 15 is 0 Å². The smallest absolute Gasteiger partial charge is 0.543 e. The number of carbonyl (C=O) groups excluding carboxylic acids is 4. The van der Waals surface area contributed by atoms with E-state index in [1.54, 1.807) is 17.5 Å². The van der Waals surface area contributed by atoms with Crippen molar-refractivity contribution in [2.24, 2.45) is 0 Å². The predicted molar refractivity (Wildman–Crippen MR) is 92.9 cm³/mol. The third-order valence-corrected chi connectivity index (χ3v) is 6.28. The third kappa shape index (κ3) is 4.29. The van der Waals surface area contributed by atoms with Crippen LogP contribution in [0, 0.1) is 0 Å². The van der Waals surface area contributed by atoms with Crippen LogP contribution in [-0.4, -0.2) is 57.2 Å². The van der Waals surface area contributed by atoms with Crippen LogP contribution in [0.2, 0.25) is 0 Å². The van der Waals surface area contributed by atoms with Gasteiger partial charge in [0.05, 0.1) is 18.1 Å². The van der Waals surface area contributed by atoms with Crippen LogP contribution in [0.5, 0.6) is 0 Å². The van der Waals surface area contributed by atoms with E-state index in [1.807, 2.05) is 0 Å². The minimum atomic E-state index is -2.20. The van der Waals surface area contributed by atoms with Gasteiger partial charge in [-0.15, -0.1) is 23.1 Å². The molecule has 2 aliphatic rings. The van der Waals surface area contributed by atoms with Gasteiger partial charge in [-0.2, -0.15) is 0 Å². The molecule has 0 unspecified atom stereocenters. The zero-order chi connectivity index (χ0) is 19.8. The molecule has 0 bridgehead atoms. The SMILES string of the molecule is CC(=O)OCC1=C(C(=O)[O-])N2C(=O)[C@](O)(NC(=O)Cc3cccs3)[C@H]2SC1.[Na+]. The topological polar surface area (TPSA) is 136 Å². The first-order valence-corrected chi connectivity index (χ1v) is 9.74. The van der Waals surface area contributed by atoms with Gasteiger partial charge in [0.15, 0.2) is 0 Å². The molecule has 2 atom stereocenters. The Labute approximate surface area is 190 Å². The molecule has 9 nitrogen and oxygen atoms in total. The zero-order valence-electron chi connectivity index (χ0n) is 15.1. The molecular formula is C16H15N2NaO7S2. The summed E-state index contributed by atoms with van der Waals surface area (Å²) in [5.74, 6) is -3.66. The van der Waals surface area contributed by atoms with Gasteiger partial charge < -0.3 is 25.1 Å². The van der Waals surface area contributed by atoms with Gasteiger partial charge in [0, 0.05) is 23.1 Å². The fourth-order valence-electron chi connectivity index (χ4n) is 2.83. The van der Waals surface area contributed by atoms with Crippen LogP contribution >= 0.6 is 23.1 Å². The van der Waals surface area contributed by atoms with E-state index in [2.05, 4.69) is 5.32 Å². The van der Waals surface area contributed by atoms with E-state index in [0.717, 1.165) is 21.5 Å². The number of hydrogen-bond donors (Lipinski definition) is 2. The maximum atomic E-state index is 12.5. The van der Waals surface area contributed by atoms with Crippen molar-refractivity contribution >= 4 is 46.9 Å². The summed E-state index contributed by atoms with van der Waals surface area (Å²) in [5.41, 5.74) is -2.46. The van der Waals surface area contributed by atoms with Crippen LogP contribution < -0.4 is 40.0 Å². The standard InChI is InChI=1S/C16H16N2O7S2.Na/c1-8(19)25-6-9-7-27-15-16(24,14(23)18(15)12(9)13(21)22)17-11(20)5-10-3-2-4-26-10;/h2-4,15,24H,5-7H2,1H3,(H,17,20)(H,21,22);/q;+1/p-1/t15-,16-;/m1./s1. The van der Waals surface area contributed by atoms with Crippen molar-refractivity contribution in [3.05, 3.63) is 33.7 Å². The van der Waals surface area contributed by atoms with Crippen molar-refractivity contribution in [2.45, 2.75) is 24.4 Å². The summed E-state index contributed by atoms with van der Waals surface area (Å²) in [6, 6.07) is 3.52. The van der Waals surface area contributed by atoms with Gasteiger partial charge in [-0.25, -0.2) is 0 Å². The van der Waals surface area contributed by atoms with Crippen molar-refractivity contribution in [3.8, 4) is 0 Å². The quantitative estimate of drug-likeness (QED) is 0.198. The van der Waals surface area contributed by atoms with E-state index in [-0.39, 0.29) is 53.9 Å². The number of β-lactam (4-membered cyclic amide) rings is 1. The van der Waals surface area contributed by atoms with Gasteiger partial charge in [-0.05, 0) is 11.4 Å². The van der Waals surface area contributed by atoms with Crippen LogP contribution in [-0.2, 0) is 30.3 Å². The van der Waals surface area contributed by atoms with Crippen LogP contribution in [0.25, 0.3) is 0 Å². The molecule has 0 aromatic carbocycles. The number of thioether (sulfide) groups is 1. The summed E-state index contributed by atoms with van der Waals surface area (Å²) in [6.07, 6.45) is -0.00841. The number of hydrogen-bond acceptors (Lipinski definition) is 9. The second-order valence-electron chi connectivity index (χ2n) is 5.93. The number of aliphatic hydroxyl groups is 1. The summed E-state index contributed by atoms with van der Waals surface area (Å²) in [4.78, 5) is 48.7. The molecule has 28 heavy (non-hydrogen) atoms. The molecule has 0 spiro atoms. The molecule has 3 heterocycles. The van der Waals surface area contributed by atoms with Crippen molar-refractivity contribution in [2.75, 3.05) is 12.4 Å². The summed E-state index contributed by atoms with van der Waals surface area (Å²) in [5, 5.41) is 25.2. The Bertz CT molecular complexity index is 842. The van der Waals surface area contributed by atoms with Gasteiger partial charge in [0.2, 0.25) is 5.91 Å². The molecule has 2 aliphatic heterocycles. The Morgan fingerprint density at radius 3 is 2.75 bits per heavy atom. The van der Waals surface area contributed by atoms with Gasteiger partial charge in [0.25, 0.3) is 11.6 Å². The molecule has 12 heteroatoms. The van der Waals surface area contributed by atoms with Gasteiger partial charge in [0.1, 0.15) is 12.0 Å². The summed E-state index contributed by atoms with van der Waals surface area (Å²) < 4.78 is 4.81. The molecule has 0 saturated carbocycles. The first kappa shape index (κ1) is 22.9. The number of amides is 2. The number of thiophene rings is 1. The van der Waals surface area contributed by atoms with Gasteiger partial charge in [-0.3, -0.25) is 19.3 Å². The van der Waals surface area contributed by atoms with Crippen molar-refractivity contribution in [1.82, 2.24) is 10.2 Å². The summed E-state index contributed by atoms with van der Waals surface area (Å²) in [7, 11) is 0. The number of aliphatic carboxylic acids is 1. The van der Waals surface area contributed by atoms with E-state index < -0.39 is 40.5 Å². The average Bonchev–Trinajstić information content (AvgIpc) is 3.11. The largest absolute Gasteiger partial charge is 1.00 e. The monoisotopic (exact) mass is 434 g/mol. The number of nitrogens with zero attached hydrogens (tertiary/aromatic N) is 1. The molecule has 1 saturated heterocycles. The van der Waals surface area contributed by atoms with E-state index in [0.29, 0.717) is 0 Å². The number of carboxylic acids is 1. The Balaban J connectivity index is 0.00000280. The number of fused-ring (bicyclic) bond motifs is 1. The first-order chi connectivity index (χ1) is 12.7. The normalized spacial score (nSPS) is 23.3. The average molecular weight is 434 g/mol. The van der Waals surface area contributed by atoms with Crippen LogP contribution in [0.15, 0.2) is 28.8 Å². The maximum absolute atomic E-state index is 12.5. The number of rotatable bonds is 6. The van der Waals surface area contributed by atoms with E-state index in [4.69, 9.17) is 4.74 Å². The Hall–Kier alpha value is -1.37. The Kier molecular flexibility index (Phi) is 7.34. The first-order valence-electron chi connectivity index (χ1n) is 7.81. The summed E-state index contributed by atoms with van der Waals surface area (Å²) >= 11 is 2.42. The van der Waals surface area contributed by atoms with E-state index in [1.165, 1.54) is 18.3 Å². The predicted octanol–water partition coefficient (Wildman–Crippen LogP) is -4.42. The zero-order valence-corrected chi connectivity index (χ0v) is 18.7. The van der Waals surface area contributed by atoms with Gasteiger partial charge >= 0.3 is 35.5 Å². The Morgan fingerprint density at radius 1 is 1.46 bits per heavy atom. The van der Waals surface area contributed by atoms with E-state index in [9.17, 15) is 29.4 Å². The van der Waals surface area contributed by atoms with Crippen LogP contribution in [0.4, 0.5) is 0 Å². The fourth-order valence-corrected chi connectivity index (χ4v) is 4.87. The number of ether oxygens (including phenoxy) is 1. The number of carbonyl (C=O) groups is 4. The number of carboxylic acid groups (broad SMARTS) is 1. The molecule has 0 aliphatic carbocycles. The van der Waals surface area contributed by atoms with Crippen LogP contribution in [0.3, 0.4) is 0 Å². The number of nitrogens with one attached hydrogen (secondary N) is 1. The van der Waals surface area contributed by atoms with Gasteiger partial charge in [-0.1, -0.05) is 6.07 Å². The van der Waals surface area contributed by atoms with Crippen molar-refractivity contribution < 1.29 is 63.7 Å². The molecule has 0 radical (unpaired) electrons. The maximum Gasteiger partial charge on any atom is 1.00 e. The number of esters is 1. The molecule has 3 rings (SSSR count). The fraction of sp³-hybridized carbons (Fsp3) is 0.375. The van der Waals surface area contributed by atoms with Crippen molar-refractivity contribution in [1.29, 1.82) is 0 Å². The molecular weight excluding hydrogens is 419 g/mol. The molecule has 144 valence electrons. The van der Waals surface area contributed by atoms with Crippen molar-refractivity contribution in [3.63, 3.8) is 0 Å². The third-order valence-electron chi connectivity index (χ3n) is 4.02. The molecule has 1 aromatic heterocycles. The second kappa shape index (κ2) is 8.97. The minimum absolute atomic E-state index is 0. The van der Waals surface area contributed by atoms with Crippen LogP contribution in [0.1, 0.15) is 11.8 Å². The summed E-state index contributed by atoms with van der Waals surface area (Å²) in [6.45, 7) is 0.875. The molecule has 1 aromatic rings. The molecule has 2 amide bonds. The second-order valence-corrected chi connectivity index (χ2v) is 8.03. The Morgan fingerprint density at radius 2 is 2.18 bits per heavy atom. The minimum Gasteiger partial charge on any atom is -0.543 e. The molecule has 2 N–H and O–H groups in total. The molecule has 1 fully saturated rings.